The Kier molecular flexibility index (Phi) is 4.98. The second-order valence-electron chi connectivity index (χ2n) is 3.73. The first-order valence-corrected chi connectivity index (χ1v) is 4.27. The number of rotatable bonds is 3. The lowest BCUT2D eigenvalue weighted by Gasteiger charge is -2.06. The molecule has 0 aromatic rings. The predicted octanol–water partition coefficient (Wildman–Crippen LogP) is 2.04. The van der Waals surface area contributed by atoms with Gasteiger partial charge in [0.25, 0.3) is 0 Å². The summed E-state index contributed by atoms with van der Waals surface area (Å²) < 4.78 is 0. The second-order valence-corrected chi connectivity index (χ2v) is 3.73. The third-order valence-electron chi connectivity index (χ3n) is 1.10. The Balaban J connectivity index is 3.41. The molecule has 1 nitrogen and oxygen atoms in total. The van der Waals surface area contributed by atoms with E-state index in [1.54, 1.807) is 0 Å². The van der Waals surface area contributed by atoms with Gasteiger partial charge in [-0.15, -0.1) is 0 Å². The quantitative estimate of drug-likeness (QED) is 0.483. The SMILES string of the molecule is CCCNCC#CC(C)(C)C. The molecule has 0 aromatic heterocycles. The van der Waals surface area contributed by atoms with E-state index in [4.69, 9.17) is 0 Å². The van der Waals surface area contributed by atoms with Gasteiger partial charge in [0.1, 0.15) is 0 Å². The van der Waals surface area contributed by atoms with Crippen molar-refractivity contribution in [2.45, 2.75) is 34.1 Å². The third kappa shape index (κ3) is 9.52. The van der Waals surface area contributed by atoms with Crippen molar-refractivity contribution in [1.29, 1.82) is 0 Å². The largest absolute Gasteiger partial charge is 0.306 e. The van der Waals surface area contributed by atoms with E-state index in [0.29, 0.717) is 0 Å². The van der Waals surface area contributed by atoms with E-state index in [2.05, 4.69) is 44.9 Å². The Morgan fingerprint density at radius 1 is 1.27 bits per heavy atom. The van der Waals surface area contributed by atoms with Gasteiger partial charge in [0, 0.05) is 5.41 Å². The molecule has 0 atom stereocenters. The van der Waals surface area contributed by atoms with Gasteiger partial charge in [0.15, 0.2) is 0 Å². The van der Waals surface area contributed by atoms with Crippen LogP contribution in [0.2, 0.25) is 0 Å². The number of hydrogen-bond acceptors (Lipinski definition) is 1. The fourth-order valence-electron chi connectivity index (χ4n) is 0.637. The number of nitrogens with one attached hydrogen (secondary N) is 1. The normalized spacial score (nSPS) is 10.5. The van der Waals surface area contributed by atoms with Crippen LogP contribution in [-0.4, -0.2) is 13.1 Å². The summed E-state index contributed by atoms with van der Waals surface area (Å²) in [6.07, 6.45) is 1.18. The Labute approximate surface area is 70.6 Å². The molecule has 0 radical (unpaired) electrons. The average Bonchev–Trinajstić information content (AvgIpc) is 1.85. The molecule has 0 amide bonds. The van der Waals surface area contributed by atoms with E-state index >= 15 is 0 Å². The van der Waals surface area contributed by atoms with E-state index in [0.717, 1.165) is 13.1 Å². The summed E-state index contributed by atoms with van der Waals surface area (Å²) in [7, 11) is 0. The molecule has 0 bridgehead atoms. The summed E-state index contributed by atoms with van der Waals surface area (Å²) in [5.41, 5.74) is 0.147. The van der Waals surface area contributed by atoms with Crippen LogP contribution < -0.4 is 5.32 Å². The van der Waals surface area contributed by atoms with E-state index in [9.17, 15) is 0 Å². The Bertz CT molecular complexity index is 142. The van der Waals surface area contributed by atoms with Gasteiger partial charge in [-0.25, -0.2) is 0 Å². The van der Waals surface area contributed by atoms with Crippen molar-refractivity contribution < 1.29 is 0 Å². The zero-order valence-electron chi connectivity index (χ0n) is 8.12. The highest BCUT2D eigenvalue weighted by Crippen LogP contribution is 2.09. The maximum absolute atomic E-state index is 3.23. The molecule has 1 N–H and O–H groups in total. The Hall–Kier alpha value is -0.480. The highest BCUT2D eigenvalue weighted by molar-refractivity contribution is 5.08. The zero-order valence-corrected chi connectivity index (χ0v) is 8.12. The molecule has 0 aliphatic carbocycles. The van der Waals surface area contributed by atoms with Crippen LogP contribution in [0.3, 0.4) is 0 Å². The minimum atomic E-state index is 0.147. The fraction of sp³-hybridized carbons (Fsp3) is 0.800. The minimum Gasteiger partial charge on any atom is -0.306 e. The first kappa shape index (κ1) is 10.5. The molecule has 0 unspecified atom stereocenters. The standard InChI is InChI=1S/C10H19N/c1-5-8-11-9-6-7-10(2,3)4/h11H,5,8-9H2,1-4H3. The van der Waals surface area contributed by atoms with Crippen molar-refractivity contribution in [3.63, 3.8) is 0 Å². The van der Waals surface area contributed by atoms with E-state index in [-0.39, 0.29) is 5.41 Å². The van der Waals surface area contributed by atoms with Crippen LogP contribution in [-0.2, 0) is 0 Å². The second kappa shape index (κ2) is 5.21. The molecule has 11 heavy (non-hydrogen) atoms. The molecule has 0 fully saturated rings. The van der Waals surface area contributed by atoms with Crippen LogP contribution in [0.25, 0.3) is 0 Å². The maximum atomic E-state index is 3.23. The molecule has 0 aromatic carbocycles. The molecule has 0 saturated heterocycles. The molecule has 0 spiro atoms. The van der Waals surface area contributed by atoms with Gasteiger partial charge in [-0.3, -0.25) is 0 Å². The maximum Gasteiger partial charge on any atom is 0.0576 e. The van der Waals surface area contributed by atoms with Gasteiger partial charge in [-0.1, -0.05) is 18.8 Å². The molecule has 1 heteroatoms. The average molecular weight is 153 g/mol. The zero-order chi connectivity index (χ0) is 8.74. The highest BCUT2D eigenvalue weighted by atomic mass is 14.8. The van der Waals surface area contributed by atoms with Crippen LogP contribution in [0.5, 0.6) is 0 Å². The highest BCUT2D eigenvalue weighted by Gasteiger charge is 2.02. The van der Waals surface area contributed by atoms with Gasteiger partial charge in [-0.2, -0.15) is 0 Å². The van der Waals surface area contributed by atoms with Crippen LogP contribution in [0.4, 0.5) is 0 Å². The van der Waals surface area contributed by atoms with Crippen LogP contribution in [0, 0.1) is 17.3 Å². The van der Waals surface area contributed by atoms with Crippen molar-refractivity contribution in [1.82, 2.24) is 5.32 Å². The molecule has 0 heterocycles. The predicted molar refractivity (Wildman–Crippen MR) is 50.4 cm³/mol. The monoisotopic (exact) mass is 153 g/mol. The minimum absolute atomic E-state index is 0.147. The van der Waals surface area contributed by atoms with E-state index < -0.39 is 0 Å². The lowest BCUT2D eigenvalue weighted by molar-refractivity contribution is 0.570. The molecular weight excluding hydrogens is 134 g/mol. The molecular formula is C10H19N. The van der Waals surface area contributed by atoms with Gasteiger partial charge < -0.3 is 5.32 Å². The fourth-order valence-corrected chi connectivity index (χ4v) is 0.637. The van der Waals surface area contributed by atoms with Crippen molar-refractivity contribution in [2.24, 2.45) is 5.41 Å². The topological polar surface area (TPSA) is 12.0 Å². The van der Waals surface area contributed by atoms with E-state index in [1.165, 1.54) is 6.42 Å². The van der Waals surface area contributed by atoms with Gasteiger partial charge >= 0.3 is 0 Å². The molecule has 0 aliphatic rings. The third-order valence-corrected chi connectivity index (χ3v) is 1.10. The number of hydrogen-bond donors (Lipinski definition) is 1. The summed E-state index contributed by atoms with van der Waals surface area (Å²) >= 11 is 0. The van der Waals surface area contributed by atoms with Gasteiger partial charge in [0.2, 0.25) is 0 Å². The van der Waals surface area contributed by atoms with Gasteiger partial charge in [0.05, 0.1) is 6.54 Å². The smallest absolute Gasteiger partial charge is 0.0576 e. The lowest BCUT2D eigenvalue weighted by atomic mass is 9.98. The first-order valence-electron chi connectivity index (χ1n) is 4.27. The Morgan fingerprint density at radius 3 is 2.36 bits per heavy atom. The summed E-state index contributed by atoms with van der Waals surface area (Å²) in [6.45, 7) is 10.4. The lowest BCUT2D eigenvalue weighted by Crippen LogP contribution is -2.14. The van der Waals surface area contributed by atoms with Crippen molar-refractivity contribution in [3.05, 3.63) is 0 Å². The summed E-state index contributed by atoms with van der Waals surface area (Å²) in [4.78, 5) is 0. The Morgan fingerprint density at radius 2 is 1.91 bits per heavy atom. The van der Waals surface area contributed by atoms with Crippen LogP contribution in [0.15, 0.2) is 0 Å². The van der Waals surface area contributed by atoms with E-state index in [1.807, 2.05) is 0 Å². The summed E-state index contributed by atoms with van der Waals surface area (Å²) in [5, 5.41) is 3.23. The van der Waals surface area contributed by atoms with Crippen molar-refractivity contribution in [2.75, 3.05) is 13.1 Å². The van der Waals surface area contributed by atoms with Crippen LogP contribution >= 0.6 is 0 Å². The van der Waals surface area contributed by atoms with Crippen molar-refractivity contribution >= 4 is 0 Å². The first-order chi connectivity index (χ1) is 5.06. The molecule has 0 saturated carbocycles. The van der Waals surface area contributed by atoms with Crippen molar-refractivity contribution in [3.8, 4) is 11.8 Å². The molecule has 0 rings (SSSR count). The molecule has 0 aliphatic heterocycles. The summed E-state index contributed by atoms with van der Waals surface area (Å²) in [5.74, 6) is 6.27. The van der Waals surface area contributed by atoms with Crippen LogP contribution in [0.1, 0.15) is 34.1 Å². The van der Waals surface area contributed by atoms with Gasteiger partial charge in [-0.05, 0) is 33.7 Å². The molecule has 64 valence electrons. The summed E-state index contributed by atoms with van der Waals surface area (Å²) in [6, 6.07) is 0.